The minimum absolute atomic E-state index is 0.126. The van der Waals surface area contributed by atoms with Crippen molar-refractivity contribution in [1.29, 1.82) is 0 Å². The van der Waals surface area contributed by atoms with Crippen LogP contribution < -0.4 is 5.32 Å². The first-order valence-electron chi connectivity index (χ1n) is 5.86. The fourth-order valence-corrected chi connectivity index (χ4v) is 3.45. The molecule has 0 saturated heterocycles. The van der Waals surface area contributed by atoms with Crippen molar-refractivity contribution in [2.75, 3.05) is 5.32 Å². The van der Waals surface area contributed by atoms with E-state index in [1.165, 1.54) is 5.56 Å². The average molecular weight is 278 g/mol. The molecule has 1 aliphatic heterocycles. The molecule has 1 N–H and O–H groups in total. The summed E-state index contributed by atoms with van der Waals surface area (Å²) in [6.07, 6.45) is 0. The summed E-state index contributed by atoms with van der Waals surface area (Å²) in [5, 5.41) is 4.78. The molecule has 0 aliphatic carbocycles. The standard InChI is InChI=1S/C15H13Cl2N/c1-15(2)10-5-3-4-6-12(10)18-13-8-9(16)7-11(17)14(13)15/h3-8,18H,1-2H3. The highest BCUT2D eigenvalue weighted by atomic mass is 35.5. The van der Waals surface area contributed by atoms with Gasteiger partial charge in [-0.25, -0.2) is 0 Å². The topological polar surface area (TPSA) is 12.0 Å². The minimum Gasteiger partial charge on any atom is -0.355 e. The van der Waals surface area contributed by atoms with Crippen molar-refractivity contribution in [2.24, 2.45) is 0 Å². The van der Waals surface area contributed by atoms with Gasteiger partial charge in [-0.3, -0.25) is 0 Å². The molecule has 18 heavy (non-hydrogen) atoms. The molecule has 0 unspecified atom stereocenters. The van der Waals surface area contributed by atoms with E-state index in [4.69, 9.17) is 23.2 Å². The van der Waals surface area contributed by atoms with Crippen LogP contribution >= 0.6 is 23.2 Å². The Bertz CT molecular complexity index is 632. The Morgan fingerprint density at radius 1 is 1.00 bits per heavy atom. The number of halogens is 2. The summed E-state index contributed by atoms with van der Waals surface area (Å²) in [4.78, 5) is 0. The molecule has 0 radical (unpaired) electrons. The number of para-hydroxylation sites is 1. The summed E-state index contributed by atoms with van der Waals surface area (Å²) in [6, 6.07) is 12.0. The summed E-state index contributed by atoms with van der Waals surface area (Å²) >= 11 is 12.5. The van der Waals surface area contributed by atoms with E-state index in [1.807, 2.05) is 12.1 Å². The minimum atomic E-state index is -0.126. The fraction of sp³-hybridized carbons (Fsp3) is 0.200. The second kappa shape index (κ2) is 3.91. The Kier molecular flexibility index (Phi) is 2.58. The summed E-state index contributed by atoms with van der Waals surface area (Å²) in [6.45, 7) is 4.37. The van der Waals surface area contributed by atoms with E-state index >= 15 is 0 Å². The maximum Gasteiger partial charge on any atom is 0.0482 e. The van der Waals surface area contributed by atoms with Gasteiger partial charge < -0.3 is 5.32 Å². The van der Waals surface area contributed by atoms with Crippen molar-refractivity contribution in [3.8, 4) is 0 Å². The van der Waals surface area contributed by atoms with E-state index in [-0.39, 0.29) is 5.41 Å². The number of hydrogen-bond donors (Lipinski definition) is 1. The Morgan fingerprint density at radius 2 is 1.72 bits per heavy atom. The van der Waals surface area contributed by atoms with Crippen molar-refractivity contribution >= 4 is 34.6 Å². The molecular weight excluding hydrogens is 265 g/mol. The molecule has 1 nitrogen and oxygen atoms in total. The molecule has 0 fully saturated rings. The molecule has 0 aromatic heterocycles. The quantitative estimate of drug-likeness (QED) is 0.682. The summed E-state index contributed by atoms with van der Waals surface area (Å²) in [5.41, 5.74) is 4.34. The smallest absolute Gasteiger partial charge is 0.0482 e. The molecular formula is C15H13Cl2N. The zero-order chi connectivity index (χ0) is 12.9. The van der Waals surface area contributed by atoms with Crippen LogP contribution in [-0.2, 0) is 5.41 Å². The maximum atomic E-state index is 6.37. The Balaban J connectivity index is 2.31. The zero-order valence-corrected chi connectivity index (χ0v) is 11.7. The van der Waals surface area contributed by atoms with E-state index in [2.05, 4.69) is 37.4 Å². The highest BCUT2D eigenvalue weighted by Crippen LogP contribution is 2.48. The largest absolute Gasteiger partial charge is 0.355 e. The highest BCUT2D eigenvalue weighted by Gasteiger charge is 2.34. The Hall–Kier alpha value is -1.18. The molecule has 3 rings (SSSR count). The lowest BCUT2D eigenvalue weighted by Crippen LogP contribution is -2.26. The highest BCUT2D eigenvalue weighted by molar-refractivity contribution is 6.36. The van der Waals surface area contributed by atoms with Crippen LogP contribution in [0.15, 0.2) is 36.4 Å². The third-order valence-corrected chi connectivity index (χ3v) is 4.07. The first kappa shape index (κ1) is 11.9. The van der Waals surface area contributed by atoms with Crippen molar-refractivity contribution in [2.45, 2.75) is 19.3 Å². The number of fused-ring (bicyclic) bond motifs is 2. The van der Waals surface area contributed by atoms with Gasteiger partial charge >= 0.3 is 0 Å². The molecule has 1 heterocycles. The molecule has 2 aromatic carbocycles. The average Bonchev–Trinajstić information content (AvgIpc) is 2.27. The van der Waals surface area contributed by atoms with Gasteiger partial charge in [-0.1, -0.05) is 55.2 Å². The number of rotatable bonds is 0. The molecule has 0 saturated carbocycles. The summed E-state index contributed by atoms with van der Waals surface area (Å²) in [7, 11) is 0. The number of hydrogen-bond acceptors (Lipinski definition) is 1. The summed E-state index contributed by atoms with van der Waals surface area (Å²) < 4.78 is 0. The van der Waals surface area contributed by atoms with Gasteiger partial charge in [0.2, 0.25) is 0 Å². The molecule has 1 aliphatic rings. The van der Waals surface area contributed by atoms with Crippen LogP contribution in [0.5, 0.6) is 0 Å². The van der Waals surface area contributed by atoms with E-state index in [1.54, 1.807) is 6.07 Å². The van der Waals surface area contributed by atoms with Crippen LogP contribution in [0.3, 0.4) is 0 Å². The fourth-order valence-electron chi connectivity index (χ4n) is 2.72. The van der Waals surface area contributed by atoms with Crippen LogP contribution in [0.25, 0.3) is 0 Å². The van der Waals surface area contributed by atoms with Crippen LogP contribution in [0.2, 0.25) is 10.0 Å². The lowest BCUT2D eigenvalue weighted by atomic mass is 9.74. The van der Waals surface area contributed by atoms with Crippen molar-refractivity contribution < 1.29 is 0 Å². The van der Waals surface area contributed by atoms with E-state index in [0.29, 0.717) is 10.0 Å². The van der Waals surface area contributed by atoms with Crippen LogP contribution in [0.4, 0.5) is 11.4 Å². The monoisotopic (exact) mass is 277 g/mol. The molecule has 3 heteroatoms. The predicted molar refractivity (Wildman–Crippen MR) is 78.3 cm³/mol. The number of nitrogens with one attached hydrogen (secondary N) is 1. The van der Waals surface area contributed by atoms with Gasteiger partial charge in [0.05, 0.1) is 0 Å². The van der Waals surface area contributed by atoms with Gasteiger partial charge in [0.25, 0.3) is 0 Å². The van der Waals surface area contributed by atoms with E-state index < -0.39 is 0 Å². The van der Waals surface area contributed by atoms with Gasteiger partial charge in [-0.05, 0) is 23.8 Å². The SMILES string of the molecule is CC1(C)c2ccccc2Nc2cc(Cl)cc(Cl)c21. The number of benzene rings is 2. The lowest BCUT2D eigenvalue weighted by Gasteiger charge is -2.36. The lowest BCUT2D eigenvalue weighted by molar-refractivity contribution is 0.638. The van der Waals surface area contributed by atoms with Crippen LogP contribution in [0, 0.1) is 0 Å². The molecule has 0 atom stereocenters. The zero-order valence-electron chi connectivity index (χ0n) is 10.2. The van der Waals surface area contributed by atoms with Crippen LogP contribution in [-0.4, -0.2) is 0 Å². The number of anilines is 2. The van der Waals surface area contributed by atoms with Gasteiger partial charge in [0.15, 0.2) is 0 Å². The first-order chi connectivity index (χ1) is 8.50. The van der Waals surface area contributed by atoms with E-state index in [9.17, 15) is 0 Å². The molecule has 0 amide bonds. The van der Waals surface area contributed by atoms with E-state index in [0.717, 1.165) is 16.9 Å². The van der Waals surface area contributed by atoms with Crippen molar-refractivity contribution in [3.05, 3.63) is 57.6 Å². The summed E-state index contributed by atoms with van der Waals surface area (Å²) in [5.74, 6) is 0. The Morgan fingerprint density at radius 3 is 2.50 bits per heavy atom. The van der Waals surface area contributed by atoms with Gasteiger partial charge in [0.1, 0.15) is 0 Å². The second-order valence-corrected chi connectivity index (χ2v) is 5.95. The predicted octanol–water partition coefficient (Wildman–Crippen LogP) is 5.38. The second-order valence-electron chi connectivity index (χ2n) is 5.11. The van der Waals surface area contributed by atoms with Gasteiger partial charge in [0, 0.05) is 32.4 Å². The van der Waals surface area contributed by atoms with Gasteiger partial charge in [-0.2, -0.15) is 0 Å². The normalized spacial score (nSPS) is 15.6. The first-order valence-corrected chi connectivity index (χ1v) is 6.62. The van der Waals surface area contributed by atoms with Crippen molar-refractivity contribution in [1.82, 2.24) is 0 Å². The van der Waals surface area contributed by atoms with Crippen molar-refractivity contribution in [3.63, 3.8) is 0 Å². The molecule has 2 aromatic rings. The Labute approximate surface area is 117 Å². The molecule has 92 valence electrons. The molecule has 0 bridgehead atoms. The third kappa shape index (κ3) is 1.62. The third-order valence-electron chi connectivity index (χ3n) is 3.55. The molecule has 0 spiro atoms. The van der Waals surface area contributed by atoms with Gasteiger partial charge in [-0.15, -0.1) is 0 Å². The maximum absolute atomic E-state index is 6.37. The van der Waals surface area contributed by atoms with Crippen LogP contribution in [0.1, 0.15) is 25.0 Å².